The minimum Gasteiger partial charge on any atom is -0.480 e. The summed E-state index contributed by atoms with van der Waals surface area (Å²) < 4.78 is 0. The molecule has 1 saturated carbocycles. The van der Waals surface area contributed by atoms with Crippen molar-refractivity contribution in [3.8, 4) is 0 Å². The SMILES string of the molecule is C[C@](C(=O)O)(C1CCCCC1)N1C[C@H](CN2CCC(CCCc3ccccc3)CC2)[C@@H](c2ccccc2)C1. The molecule has 2 heterocycles. The highest BCUT2D eigenvalue weighted by Crippen LogP contribution is 2.43. The van der Waals surface area contributed by atoms with Gasteiger partial charge in [0.25, 0.3) is 0 Å². The number of carbonyl (C=O) groups is 1. The Bertz CT molecular complexity index is 998. The first-order valence-corrected chi connectivity index (χ1v) is 15.3. The highest BCUT2D eigenvalue weighted by atomic mass is 16.4. The second kappa shape index (κ2) is 12.8. The van der Waals surface area contributed by atoms with Crippen LogP contribution in [0.15, 0.2) is 60.7 Å². The fraction of sp³-hybridized carbons (Fsp3) is 0.618. The van der Waals surface area contributed by atoms with Crippen LogP contribution < -0.4 is 0 Å². The van der Waals surface area contributed by atoms with Crippen LogP contribution in [0.3, 0.4) is 0 Å². The Morgan fingerprint density at radius 2 is 1.55 bits per heavy atom. The maximum atomic E-state index is 12.8. The molecule has 4 nitrogen and oxygen atoms in total. The van der Waals surface area contributed by atoms with E-state index in [1.165, 1.54) is 75.6 Å². The molecule has 3 atom stereocenters. The van der Waals surface area contributed by atoms with Gasteiger partial charge in [-0.2, -0.15) is 0 Å². The number of carboxylic acid groups (broad SMARTS) is 1. The summed E-state index contributed by atoms with van der Waals surface area (Å²) in [6, 6.07) is 21.8. The molecule has 1 aliphatic carbocycles. The smallest absolute Gasteiger partial charge is 0.324 e. The quantitative estimate of drug-likeness (QED) is 0.375. The monoisotopic (exact) mass is 516 g/mol. The molecule has 3 aliphatic rings. The molecule has 0 spiro atoms. The first-order valence-electron chi connectivity index (χ1n) is 15.3. The van der Waals surface area contributed by atoms with Crippen molar-refractivity contribution in [2.75, 3.05) is 32.7 Å². The Balaban J connectivity index is 1.20. The summed E-state index contributed by atoms with van der Waals surface area (Å²) in [4.78, 5) is 17.9. The molecule has 0 bridgehead atoms. The van der Waals surface area contributed by atoms with Crippen molar-refractivity contribution < 1.29 is 9.90 Å². The Hall–Kier alpha value is -2.17. The van der Waals surface area contributed by atoms with E-state index in [9.17, 15) is 9.90 Å². The molecule has 2 aromatic rings. The van der Waals surface area contributed by atoms with Crippen LogP contribution in [0.2, 0.25) is 0 Å². The zero-order chi connectivity index (χ0) is 26.4. The molecular formula is C34H48N2O2. The van der Waals surface area contributed by atoms with E-state index in [1.54, 1.807) is 0 Å². The number of aryl methyl sites for hydroxylation is 1. The lowest BCUT2D eigenvalue weighted by atomic mass is 9.74. The predicted octanol–water partition coefficient (Wildman–Crippen LogP) is 6.86. The molecule has 5 rings (SSSR count). The largest absolute Gasteiger partial charge is 0.480 e. The van der Waals surface area contributed by atoms with Crippen molar-refractivity contribution in [3.63, 3.8) is 0 Å². The van der Waals surface area contributed by atoms with Gasteiger partial charge < -0.3 is 10.0 Å². The third-order valence-corrected chi connectivity index (χ3v) is 10.3. The highest BCUT2D eigenvalue weighted by molar-refractivity contribution is 5.79. The van der Waals surface area contributed by atoms with Gasteiger partial charge in [-0.15, -0.1) is 0 Å². The molecule has 4 heteroatoms. The molecule has 206 valence electrons. The van der Waals surface area contributed by atoms with Gasteiger partial charge in [0.15, 0.2) is 0 Å². The highest BCUT2D eigenvalue weighted by Gasteiger charge is 2.51. The van der Waals surface area contributed by atoms with Crippen LogP contribution in [-0.4, -0.2) is 59.1 Å². The number of piperidine rings is 1. The van der Waals surface area contributed by atoms with Gasteiger partial charge in [0, 0.05) is 25.6 Å². The van der Waals surface area contributed by atoms with Gasteiger partial charge in [-0.25, -0.2) is 0 Å². The van der Waals surface area contributed by atoms with E-state index in [0.29, 0.717) is 11.8 Å². The third-order valence-electron chi connectivity index (χ3n) is 10.3. The van der Waals surface area contributed by atoms with Gasteiger partial charge in [-0.05, 0) is 87.4 Å². The van der Waals surface area contributed by atoms with Crippen molar-refractivity contribution in [3.05, 3.63) is 71.8 Å². The van der Waals surface area contributed by atoms with E-state index in [1.807, 2.05) is 6.92 Å². The van der Waals surface area contributed by atoms with Gasteiger partial charge >= 0.3 is 5.97 Å². The van der Waals surface area contributed by atoms with Crippen molar-refractivity contribution in [1.29, 1.82) is 0 Å². The lowest BCUT2D eigenvalue weighted by molar-refractivity contribution is -0.155. The Morgan fingerprint density at radius 3 is 2.21 bits per heavy atom. The molecule has 2 aromatic carbocycles. The number of benzene rings is 2. The fourth-order valence-electron chi connectivity index (χ4n) is 7.78. The van der Waals surface area contributed by atoms with Crippen LogP contribution in [0.4, 0.5) is 0 Å². The third kappa shape index (κ3) is 6.34. The van der Waals surface area contributed by atoms with Crippen molar-refractivity contribution in [2.24, 2.45) is 17.8 Å². The Labute approximate surface area is 230 Å². The number of likely N-dealkylation sites (tertiary alicyclic amines) is 2. The second-order valence-electron chi connectivity index (χ2n) is 12.6. The molecule has 0 radical (unpaired) electrons. The number of hydrogen-bond acceptors (Lipinski definition) is 3. The van der Waals surface area contributed by atoms with Gasteiger partial charge in [0.05, 0.1) is 0 Å². The molecule has 3 fully saturated rings. The van der Waals surface area contributed by atoms with E-state index < -0.39 is 11.5 Å². The minimum atomic E-state index is -0.756. The molecule has 0 aromatic heterocycles. The minimum absolute atomic E-state index is 0.260. The normalized spacial score (nSPS) is 25.8. The zero-order valence-electron chi connectivity index (χ0n) is 23.4. The van der Waals surface area contributed by atoms with E-state index >= 15 is 0 Å². The fourth-order valence-corrected chi connectivity index (χ4v) is 7.78. The molecule has 1 N–H and O–H groups in total. The first-order chi connectivity index (χ1) is 18.5. The number of hydrogen-bond donors (Lipinski definition) is 1. The second-order valence-corrected chi connectivity index (χ2v) is 12.6. The van der Waals surface area contributed by atoms with E-state index in [-0.39, 0.29) is 5.92 Å². The van der Waals surface area contributed by atoms with E-state index in [4.69, 9.17) is 0 Å². The van der Waals surface area contributed by atoms with Gasteiger partial charge in [0.2, 0.25) is 0 Å². The maximum Gasteiger partial charge on any atom is 0.324 e. The standard InChI is InChI=1S/C34H48N2O2/c1-34(33(37)38,31-18-9-4-10-19-31)36-25-30(32(26-36)29-16-7-3-8-17-29)24-35-22-20-28(21-23-35)15-11-14-27-12-5-2-6-13-27/h2-3,5-8,12-13,16-17,28,30-32H,4,9-11,14-15,18-26H2,1H3,(H,37,38)/t30-,32+,34+/m0/s1. The topological polar surface area (TPSA) is 43.8 Å². The maximum absolute atomic E-state index is 12.8. The summed E-state index contributed by atoms with van der Waals surface area (Å²) in [5.74, 6) is 1.38. The number of aliphatic carboxylic acids is 1. The predicted molar refractivity (Wildman–Crippen MR) is 155 cm³/mol. The molecule has 2 saturated heterocycles. The van der Waals surface area contributed by atoms with Crippen molar-refractivity contribution in [1.82, 2.24) is 9.80 Å². The van der Waals surface area contributed by atoms with Crippen LogP contribution >= 0.6 is 0 Å². The summed E-state index contributed by atoms with van der Waals surface area (Å²) in [5, 5.41) is 10.5. The number of carboxylic acids is 1. The van der Waals surface area contributed by atoms with E-state index in [2.05, 4.69) is 70.5 Å². The average molecular weight is 517 g/mol. The van der Waals surface area contributed by atoms with Crippen molar-refractivity contribution >= 4 is 5.97 Å². The summed E-state index contributed by atoms with van der Waals surface area (Å²) in [6.07, 6.45) is 12.1. The van der Waals surface area contributed by atoms with Gasteiger partial charge in [0.1, 0.15) is 5.54 Å². The summed E-state index contributed by atoms with van der Waals surface area (Å²) in [7, 11) is 0. The van der Waals surface area contributed by atoms with Crippen LogP contribution in [0.5, 0.6) is 0 Å². The summed E-state index contributed by atoms with van der Waals surface area (Å²) >= 11 is 0. The zero-order valence-corrected chi connectivity index (χ0v) is 23.4. The number of nitrogens with zero attached hydrogens (tertiary/aromatic N) is 2. The van der Waals surface area contributed by atoms with Gasteiger partial charge in [-0.1, -0.05) is 86.3 Å². The molecule has 0 unspecified atom stereocenters. The van der Waals surface area contributed by atoms with Crippen LogP contribution in [0.25, 0.3) is 0 Å². The lowest BCUT2D eigenvalue weighted by Crippen LogP contribution is -2.57. The van der Waals surface area contributed by atoms with Crippen LogP contribution in [0, 0.1) is 17.8 Å². The summed E-state index contributed by atoms with van der Waals surface area (Å²) in [5.41, 5.74) is 2.09. The molecule has 38 heavy (non-hydrogen) atoms. The molecule has 2 aliphatic heterocycles. The Kier molecular flexibility index (Phi) is 9.22. The van der Waals surface area contributed by atoms with Gasteiger partial charge in [-0.3, -0.25) is 9.69 Å². The number of rotatable bonds is 10. The van der Waals surface area contributed by atoms with Crippen molar-refractivity contribution in [2.45, 2.75) is 82.6 Å². The average Bonchev–Trinajstić information content (AvgIpc) is 3.39. The molecule has 0 amide bonds. The lowest BCUT2D eigenvalue weighted by Gasteiger charge is -2.43. The van der Waals surface area contributed by atoms with Crippen LogP contribution in [-0.2, 0) is 11.2 Å². The van der Waals surface area contributed by atoms with Crippen LogP contribution in [0.1, 0.15) is 81.8 Å². The summed E-state index contributed by atoms with van der Waals surface area (Å²) in [6.45, 7) is 7.27. The van der Waals surface area contributed by atoms with E-state index in [0.717, 1.165) is 38.4 Å². The molecular weight excluding hydrogens is 468 g/mol. The Morgan fingerprint density at radius 1 is 0.895 bits per heavy atom. The first kappa shape index (κ1) is 27.4.